The maximum absolute atomic E-state index is 9.52. The van der Waals surface area contributed by atoms with Gasteiger partial charge in [0.1, 0.15) is 11.4 Å². The number of benzene rings is 2. The molecule has 0 saturated carbocycles. The van der Waals surface area contributed by atoms with Crippen molar-refractivity contribution < 1.29 is 5.11 Å². The van der Waals surface area contributed by atoms with E-state index in [1.807, 2.05) is 30.3 Å². The number of nitrogens with zero attached hydrogens (tertiary/aromatic N) is 1. The molecular formula is C13H10BrNO. The Morgan fingerprint density at radius 2 is 1.88 bits per heavy atom. The van der Waals surface area contributed by atoms with E-state index < -0.39 is 0 Å². The van der Waals surface area contributed by atoms with Crippen LogP contribution in [0.3, 0.4) is 0 Å². The number of hydrogen-bond acceptors (Lipinski definition) is 2. The predicted octanol–water partition coefficient (Wildman–Crippen LogP) is 3.91. The molecule has 0 saturated heterocycles. The highest BCUT2D eigenvalue weighted by Gasteiger charge is 1.95. The summed E-state index contributed by atoms with van der Waals surface area (Å²) in [4.78, 5) is 4.22. The van der Waals surface area contributed by atoms with Crippen molar-refractivity contribution >= 4 is 27.8 Å². The number of rotatable bonds is 2. The molecule has 2 rings (SSSR count). The third kappa shape index (κ3) is 2.70. The first-order valence-electron chi connectivity index (χ1n) is 4.83. The lowest BCUT2D eigenvalue weighted by molar-refractivity contribution is 0.477. The number of hydrogen-bond donors (Lipinski definition) is 1. The number of phenols is 1. The van der Waals surface area contributed by atoms with E-state index in [1.54, 1.807) is 24.4 Å². The van der Waals surface area contributed by atoms with Gasteiger partial charge < -0.3 is 5.11 Å². The largest absolute Gasteiger partial charge is 0.506 e. The average Bonchev–Trinajstić information content (AvgIpc) is 2.28. The molecule has 0 unspecified atom stereocenters. The third-order valence-corrected chi connectivity index (χ3v) is 2.58. The van der Waals surface area contributed by atoms with E-state index in [1.165, 1.54) is 0 Å². The Balaban J connectivity index is 2.25. The normalized spacial score (nSPS) is 10.8. The van der Waals surface area contributed by atoms with Gasteiger partial charge in [-0.1, -0.05) is 40.2 Å². The van der Waals surface area contributed by atoms with Crippen LogP contribution in [0, 0.1) is 0 Å². The van der Waals surface area contributed by atoms with Crippen molar-refractivity contribution in [2.75, 3.05) is 0 Å². The second-order valence-corrected chi connectivity index (χ2v) is 4.22. The quantitative estimate of drug-likeness (QED) is 0.829. The van der Waals surface area contributed by atoms with Crippen molar-refractivity contribution in [3.05, 3.63) is 58.6 Å². The molecule has 0 bridgehead atoms. The summed E-state index contributed by atoms with van der Waals surface area (Å²) in [6, 6.07) is 14.8. The fourth-order valence-electron chi connectivity index (χ4n) is 1.30. The highest BCUT2D eigenvalue weighted by atomic mass is 79.9. The Hall–Kier alpha value is -1.61. The van der Waals surface area contributed by atoms with Crippen molar-refractivity contribution in [3.8, 4) is 5.75 Å². The predicted molar refractivity (Wildman–Crippen MR) is 69.5 cm³/mol. The molecule has 0 spiro atoms. The topological polar surface area (TPSA) is 32.6 Å². The second-order valence-electron chi connectivity index (χ2n) is 3.30. The molecule has 0 aliphatic heterocycles. The zero-order valence-electron chi connectivity index (χ0n) is 8.47. The first kappa shape index (κ1) is 10.9. The molecule has 0 amide bonds. The zero-order valence-corrected chi connectivity index (χ0v) is 10.1. The average molecular weight is 276 g/mol. The van der Waals surface area contributed by atoms with Crippen LogP contribution in [0.2, 0.25) is 0 Å². The van der Waals surface area contributed by atoms with Gasteiger partial charge >= 0.3 is 0 Å². The van der Waals surface area contributed by atoms with Crippen molar-refractivity contribution in [3.63, 3.8) is 0 Å². The smallest absolute Gasteiger partial charge is 0.141 e. The fourth-order valence-corrected chi connectivity index (χ4v) is 1.72. The summed E-state index contributed by atoms with van der Waals surface area (Å²) >= 11 is 3.39. The molecule has 0 aliphatic carbocycles. The van der Waals surface area contributed by atoms with E-state index in [-0.39, 0.29) is 5.75 Å². The van der Waals surface area contributed by atoms with E-state index in [2.05, 4.69) is 20.9 Å². The first-order chi connectivity index (χ1) is 7.75. The minimum Gasteiger partial charge on any atom is -0.506 e. The lowest BCUT2D eigenvalue weighted by Gasteiger charge is -1.97. The van der Waals surface area contributed by atoms with E-state index in [9.17, 15) is 5.11 Å². The van der Waals surface area contributed by atoms with Gasteiger partial charge in [0.25, 0.3) is 0 Å². The molecule has 0 radical (unpaired) electrons. The molecule has 0 heterocycles. The minimum atomic E-state index is 0.189. The Morgan fingerprint density at radius 3 is 2.62 bits per heavy atom. The SMILES string of the molecule is Oc1ccccc1N=Cc1cccc(Br)c1. The van der Waals surface area contributed by atoms with Crippen molar-refractivity contribution in [2.24, 2.45) is 4.99 Å². The first-order valence-corrected chi connectivity index (χ1v) is 5.62. The molecule has 3 heteroatoms. The number of phenolic OH excluding ortho intramolecular Hbond substituents is 1. The third-order valence-electron chi connectivity index (χ3n) is 2.08. The number of aromatic hydroxyl groups is 1. The van der Waals surface area contributed by atoms with Crippen LogP contribution in [0.1, 0.15) is 5.56 Å². The standard InChI is InChI=1S/C13H10BrNO/c14-11-5-3-4-10(8-11)9-15-12-6-1-2-7-13(12)16/h1-9,16H. The summed E-state index contributed by atoms with van der Waals surface area (Å²) in [5.74, 6) is 0.189. The maximum Gasteiger partial charge on any atom is 0.141 e. The molecule has 2 aromatic rings. The Morgan fingerprint density at radius 1 is 1.06 bits per heavy atom. The molecule has 2 nitrogen and oxygen atoms in total. The molecule has 0 fully saturated rings. The summed E-state index contributed by atoms with van der Waals surface area (Å²) in [5, 5.41) is 9.52. The summed E-state index contributed by atoms with van der Waals surface area (Å²) in [6.07, 6.45) is 1.72. The van der Waals surface area contributed by atoms with Crippen LogP contribution in [-0.4, -0.2) is 11.3 Å². The van der Waals surface area contributed by atoms with E-state index in [4.69, 9.17) is 0 Å². The van der Waals surface area contributed by atoms with Gasteiger partial charge in [0.15, 0.2) is 0 Å². The van der Waals surface area contributed by atoms with E-state index >= 15 is 0 Å². The van der Waals surface area contributed by atoms with Gasteiger partial charge in [0.05, 0.1) is 0 Å². The lowest BCUT2D eigenvalue weighted by Crippen LogP contribution is -1.79. The summed E-state index contributed by atoms with van der Waals surface area (Å²) in [7, 11) is 0. The summed E-state index contributed by atoms with van der Waals surface area (Å²) in [5.41, 5.74) is 1.56. The van der Waals surface area contributed by atoms with Gasteiger partial charge in [-0.3, -0.25) is 4.99 Å². The maximum atomic E-state index is 9.52. The Kier molecular flexibility index (Phi) is 3.37. The Labute approximate surface area is 102 Å². The zero-order chi connectivity index (χ0) is 11.4. The van der Waals surface area contributed by atoms with Crippen molar-refractivity contribution in [1.29, 1.82) is 0 Å². The van der Waals surface area contributed by atoms with Gasteiger partial charge in [-0.2, -0.15) is 0 Å². The summed E-state index contributed by atoms with van der Waals surface area (Å²) in [6.45, 7) is 0. The van der Waals surface area contributed by atoms with Crippen LogP contribution >= 0.6 is 15.9 Å². The van der Waals surface area contributed by atoms with E-state index in [0.717, 1.165) is 10.0 Å². The van der Waals surface area contributed by atoms with Crippen LogP contribution < -0.4 is 0 Å². The molecule has 0 aliphatic rings. The van der Waals surface area contributed by atoms with Gasteiger partial charge in [-0.15, -0.1) is 0 Å². The molecule has 16 heavy (non-hydrogen) atoms. The van der Waals surface area contributed by atoms with Crippen LogP contribution in [0.25, 0.3) is 0 Å². The van der Waals surface area contributed by atoms with Gasteiger partial charge in [0, 0.05) is 10.7 Å². The fraction of sp³-hybridized carbons (Fsp3) is 0. The molecule has 1 N–H and O–H groups in total. The number of aliphatic imine (C=N–C) groups is 1. The van der Waals surface area contributed by atoms with Gasteiger partial charge in [0.2, 0.25) is 0 Å². The molecule has 0 atom stereocenters. The van der Waals surface area contributed by atoms with Gasteiger partial charge in [-0.25, -0.2) is 0 Å². The minimum absolute atomic E-state index is 0.189. The lowest BCUT2D eigenvalue weighted by atomic mass is 10.2. The molecule has 2 aromatic carbocycles. The number of halogens is 1. The van der Waals surface area contributed by atoms with Gasteiger partial charge in [-0.05, 0) is 29.8 Å². The van der Waals surface area contributed by atoms with E-state index in [0.29, 0.717) is 5.69 Å². The molecule has 80 valence electrons. The molecular weight excluding hydrogens is 266 g/mol. The molecule has 0 aromatic heterocycles. The second kappa shape index (κ2) is 4.94. The van der Waals surface area contributed by atoms with Crippen LogP contribution in [0.5, 0.6) is 5.75 Å². The Bertz CT molecular complexity index is 523. The van der Waals surface area contributed by atoms with Crippen molar-refractivity contribution in [1.82, 2.24) is 0 Å². The van der Waals surface area contributed by atoms with Crippen molar-refractivity contribution in [2.45, 2.75) is 0 Å². The number of para-hydroxylation sites is 2. The highest BCUT2D eigenvalue weighted by molar-refractivity contribution is 9.10. The monoisotopic (exact) mass is 275 g/mol. The van der Waals surface area contributed by atoms with Crippen LogP contribution in [0.15, 0.2) is 58.0 Å². The highest BCUT2D eigenvalue weighted by Crippen LogP contribution is 2.24. The van der Waals surface area contributed by atoms with Crippen LogP contribution in [0.4, 0.5) is 5.69 Å². The van der Waals surface area contributed by atoms with Crippen LogP contribution in [-0.2, 0) is 0 Å². The summed E-state index contributed by atoms with van der Waals surface area (Å²) < 4.78 is 1.01.